The van der Waals surface area contributed by atoms with Crippen LogP contribution in [-0.2, 0) is 17.6 Å². The Kier molecular flexibility index (Phi) is 5.80. The van der Waals surface area contributed by atoms with Gasteiger partial charge < -0.3 is 10.6 Å². The number of amides is 1. The number of hydrogen-bond acceptors (Lipinski definition) is 2. The van der Waals surface area contributed by atoms with Crippen molar-refractivity contribution in [1.29, 1.82) is 0 Å². The number of benzene rings is 1. The predicted molar refractivity (Wildman–Crippen MR) is 87.3 cm³/mol. The van der Waals surface area contributed by atoms with Crippen LogP contribution in [0.4, 0.5) is 0 Å². The van der Waals surface area contributed by atoms with Crippen molar-refractivity contribution >= 4 is 5.91 Å². The molecule has 0 aliphatic heterocycles. The van der Waals surface area contributed by atoms with Crippen molar-refractivity contribution in [2.24, 2.45) is 5.92 Å². The van der Waals surface area contributed by atoms with E-state index in [0.29, 0.717) is 12.5 Å². The van der Waals surface area contributed by atoms with Crippen molar-refractivity contribution in [3.8, 4) is 0 Å². The smallest absolute Gasteiger partial charge is 0.233 e. The van der Waals surface area contributed by atoms with E-state index in [4.69, 9.17) is 0 Å². The number of nitrogens with one attached hydrogen (secondary N) is 2. The first-order valence-electron chi connectivity index (χ1n) is 8.18. The first-order valence-corrected chi connectivity index (χ1v) is 8.18. The fraction of sp³-hybridized carbons (Fsp3) is 0.611. The maximum absolute atomic E-state index is 11.7. The van der Waals surface area contributed by atoms with E-state index in [1.165, 1.54) is 42.4 Å². The molecule has 0 fully saturated rings. The number of fused-ring (bicyclic) bond motifs is 1. The van der Waals surface area contributed by atoms with Crippen LogP contribution >= 0.6 is 0 Å². The molecular weight excluding hydrogens is 260 g/mol. The lowest BCUT2D eigenvalue weighted by molar-refractivity contribution is -0.120. The molecule has 21 heavy (non-hydrogen) atoms. The Morgan fingerprint density at radius 1 is 1.14 bits per heavy atom. The highest BCUT2D eigenvalue weighted by molar-refractivity contribution is 5.78. The van der Waals surface area contributed by atoms with Crippen LogP contribution in [0.25, 0.3) is 0 Å². The molecule has 2 rings (SSSR count). The lowest BCUT2D eigenvalue weighted by Gasteiger charge is -2.20. The third-order valence-electron chi connectivity index (χ3n) is 4.15. The van der Waals surface area contributed by atoms with Crippen LogP contribution in [0.5, 0.6) is 0 Å². The zero-order chi connectivity index (χ0) is 15.2. The molecule has 116 valence electrons. The summed E-state index contributed by atoms with van der Waals surface area (Å²) in [6.45, 7) is 7.45. The van der Waals surface area contributed by atoms with Gasteiger partial charge in [-0.3, -0.25) is 4.79 Å². The topological polar surface area (TPSA) is 41.1 Å². The minimum absolute atomic E-state index is 0.0773. The molecule has 0 heterocycles. The Balaban J connectivity index is 1.85. The van der Waals surface area contributed by atoms with Gasteiger partial charge in [-0.15, -0.1) is 0 Å². The molecule has 1 atom stereocenters. The molecular formula is C18H28N2O. The quantitative estimate of drug-likeness (QED) is 0.845. The van der Waals surface area contributed by atoms with Gasteiger partial charge in [0.25, 0.3) is 0 Å². The molecule has 0 unspecified atom stereocenters. The number of carbonyl (C=O) groups is 1. The van der Waals surface area contributed by atoms with Gasteiger partial charge in [0, 0.05) is 12.6 Å². The summed E-state index contributed by atoms with van der Waals surface area (Å²) >= 11 is 0. The maximum atomic E-state index is 11.7. The molecule has 0 radical (unpaired) electrons. The van der Waals surface area contributed by atoms with Gasteiger partial charge in [-0.25, -0.2) is 0 Å². The minimum atomic E-state index is 0.0773. The number of carbonyl (C=O) groups excluding carboxylic acids is 1. The van der Waals surface area contributed by atoms with Gasteiger partial charge in [0.1, 0.15) is 0 Å². The molecule has 0 aromatic heterocycles. The highest BCUT2D eigenvalue weighted by atomic mass is 16.1. The highest BCUT2D eigenvalue weighted by Crippen LogP contribution is 2.24. The van der Waals surface area contributed by atoms with Crippen LogP contribution in [-0.4, -0.2) is 19.0 Å². The van der Waals surface area contributed by atoms with Crippen molar-refractivity contribution in [1.82, 2.24) is 10.6 Å². The summed E-state index contributed by atoms with van der Waals surface area (Å²) in [5, 5.41) is 6.25. The number of hydrogen-bond donors (Lipinski definition) is 2. The zero-order valence-electron chi connectivity index (χ0n) is 13.5. The second-order valence-corrected chi connectivity index (χ2v) is 6.54. The van der Waals surface area contributed by atoms with Gasteiger partial charge in [-0.2, -0.15) is 0 Å². The molecule has 1 aliphatic carbocycles. The van der Waals surface area contributed by atoms with E-state index in [0.717, 1.165) is 6.54 Å². The van der Waals surface area contributed by atoms with E-state index in [-0.39, 0.29) is 11.9 Å². The van der Waals surface area contributed by atoms with E-state index in [2.05, 4.69) is 49.6 Å². The molecule has 3 heteroatoms. The monoisotopic (exact) mass is 288 g/mol. The largest absolute Gasteiger partial charge is 0.355 e. The molecule has 0 bridgehead atoms. The first-order chi connectivity index (χ1) is 10.1. The fourth-order valence-electron chi connectivity index (χ4n) is 2.77. The van der Waals surface area contributed by atoms with Gasteiger partial charge in [-0.1, -0.05) is 32.0 Å². The van der Waals surface area contributed by atoms with Crippen molar-refractivity contribution < 1.29 is 4.79 Å². The van der Waals surface area contributed by atoms with Crippen molar-refractivity contribution in [3.05, 3.63) is 34.9 Å². The molecule has 0 saturated heterocycles. The van der Waals surface area contributed by atoms with Gasteiger partial charge in [0.2, 0.25) is 5.91 Å². The predicted octanol–water partition coefficient (Wildman–Crippen LogP) is 2.99. The zero-order valence-corrected chi connectivity index (χ0v) is 13.5. The Morgan fingerprint density at radius 2 is 1.86 bits per heavy atom. The summed E-state index contributed by atoms with van der Waals surface area (Å²) in [5.41, 5.74) is 4.29. The fourth-order valence-corrected chi connectivity index (χ4v) is 2.77. The summed E-state index contributed by atoms with van der Waals surface area (Å²) in [6.07, 6.45) is 5.03. The normalized spacial score (nSPS) is 15.6. The van der Waals surface area contributed by atoms with E-state index in [1.54, 1.807) is 0 Å². The summed E-state index contributed by atoms with van der Waals surface area (Å²) in [6, 6.07) is 6.99. The first kappa shape index (κ1) is 16.0. The Morgan fingerprint density at radius 3 is 2.57 bits per heavy atom. The van der Waals surface area contributed by atoms with Crippen LogP contribution in [0.15, 0.2) is 18.2 Å². The standard InChI is InChI=1S/C18H28N2O/c1-13(2)11-20-18(21)12-19-14(3)16-9-8-15-6-4-5-7-17(15)10-16/h8-10,13-14,19H,4-7,11-12H2,1-3H3,(H,20,21)/t14-/m1/s1. The molecule has 2 N–H and O–H groups in total. The number of rotatable bonds is 6. The van der Waals surface area contributed by atoms with Gasteiger partial charge >= 0.3 is 0 Å². The molecule has 1 aromatic carbocycles. The van der Waals surface area contributed by atoms with E-state index < -0.39 is 0 Å². The average Bonchev–Trinajstić information content (AvgIpc) is 2.50. The molecule has 1 aliphatic rings. The maximum Gasteiger partial charge on any atom is 0.233 e. The Labute approximate surface area is 128 Å². The summed E-state index contributed by atoms with van der Waals surface area (Å²) in [5.74, 6) is 0.570. The lowest BCUT2D eigenvalue weighted by Crippen LogP contribution is -2.36. The van der Waals surface area contributed by atoms with E-state index in [1.807, 2.05) is 0 Å². The van der Waals surface area contributed by atoms with Crippen LogP contribution in [0.3, 0.4) is 0 Å². The average molecular weight is 288 g/mol. The summed E-state index contributed by atoms with van der Waals surface area (Å²) in [7, 11) is 0. The van der Waals surface area contributed by atoms with Crippen LogP contribution in [0, 0.1) is 5.92 Å². The van der Waals surface area contributed by atoms with E-state index >= 15 is 0 Å². The third kappa shape index (κ3) is 4.85. The Bertz CT molecular complexity index is 482. The summed E-state index contributed by atoms with van der Waals surface area (Å²) < 4.78 is 0. The SMILES string of the molecule is CC(C)CNC(=O)CN[C@H](C)c1ccc2c(c1)CCCC2. The molecule has 3 nitrogen and oxygen atoms in total. The van der Waals surface area contributed by atoms with Crippen molar-refractivity contribution in [2.75, 3.05) is 13.1 Å². The van der Waals surface area contributed by atoms with Gasteiger partial charge in [-0.05, 0) is 55.2 Å². The van der Waals surface area contributed by atoms with Gasteiger partial charge in [0.05, 0.1) is 6.54 Å². The van der Waals surface area contributed by atoms with Crippen LogP contribution < -0.4 is 10.6 Å². The number of aryl methyl sites for hydroxylation is 2. The van der Waals surface area contributed by atoms with E-state index in [9.17, 15) is 4.79 Å². The lowest BCUT2D eigenvalue weighted by atomic mass is 9.89. The van der Waals surface area contributed by atoms with Gasteiger partial charge in [0.15, 0.2) is 0 Å². The van der Waals surface area contributed by atoms with Crippen molar-refractivity contribution in [3.63, 3.8) is 0 Å². The molecule has 1 aromatic rings. The van der Waals surface area contributed by atoms with Crippen LogP contribution in [0.2, 0.25) is 0 Å². The Hall–Kier alpha value is -1.35. The second-order valence-electron chi connectivity index (χ2n) is 6.54. The third-order valence-corrected chi connectivity index (χ3v) is 4.15. The highest BCUT2D eigenvalue weighted by Gasteiger charge is 2.13. The molecule has 1 amide bonds. The second kappa shape index (κ2) is 7.60. The van der Waals surface area contributed by atoms with Crippen LogP contribution in [0.1, 0.15) is 56.3 Å². The van der Waals surface area contributed by atoms with Crippen molar-refractivity contribution in [2.45, 2.75) is 52.5 Å². The summed E-state index contributed by atoms with van der Waals surface area (Å²) in [4.78, 5) is 11.7. The minimum Gasteiger partial charge on any atom is -0.355 e. The molecule has 0 saturated carbocycles. The molecule has 0 spiro atoms.